The summed E-state index contributed by atoms with van der Waals surface area (Å²) in [4.78, 5) is 28.0. The number of nitrogens with one attached hydrogen (secondary N) is 2. The van der Waals surface area contributed by atoms with E-state index in [9.17, 15) is 9.59 Å². The van der Waals surface area contributed by atoms with Gasteiger partial charge in [0.2, 0.25) is 11.8 Å². The average molecular weight is 319 g/mol. The number of anilines is 2. The Labute approximate surface area is 134 Å². The Bertz CT molecular complexity index is 701. The number of thiazole rings is 1. The van der Waals surface area contributed by atoms with Crippen molar-refractivity contribution in [1.82, 2.24) is 4.98 Å². The lowest BCUT2D eigenvalue weighted by Crippen LogP contribution is -2.27. The summed E-state index contributed by atoms with van der Waals surface area (Å²) in [5.41, 5.74) is 1.11. The monoisotopic (exact) mass is 319 g/mol. The largest absolute Gasteiger partial charge is 0.326 e. The van der Waals surface area contributed by atoms with Crippen LogP contribution in [0.3, 0.4) is 0 Å². The van der Waals surface area contributed by atoms with Crippen LogP contribution < -0.4 is 10.6 Å². The third-order valence-corrected chi connectivity index (χ3v) is 3.98. The Morgan fingerprint density at radius 3 is 2.59 bits per heavy atom. The molecule has 0 unspecified atom stereocenters. The second-order valence-corrected chi connectivity index (χ2v) is 7.23. The third kappa shape index (κ3) is 4.04. The normalized spacial score (nSPS) is 11.5. The number of hydrogen-bond acceptors (Lipinski definition) is 4. The molecule has 0 fully saturated rings. The van der Waals surface area contributed by atoms with E-state index in [2.05, 4.69) is 15.6 Å². The van der Waals surface area contributed by atoms with E-state index < -0.39 is 5.41 Å². The maximum atomic E-state index is 12.0. The van der Waals surface area contributed by atoms with Gasteiger partial charge in [0.05, 0.1) is 10.2 Å². The summed E-state index contributed by atoms with van der Waals surface area (Å²) in [6.45, 7) is 7.57. The fraction of sp³-hybridized carbons (Fsp3) is 0.438. The zero-order chi connectivity index (χ0) is 16.3. The van der Waals surface area contributed by atoms with Crippen molar-refractivity contribution < 1.29 is 9.59 Å². The molecule has 5 nitrogen and oxygen atoms in total. The van der Waals surface area contributed by atoms with Crippen molar-refractivity contribution in [2.24, 2.45) is 5.41 Å². The molecule has 0 saturated carbocycles. The highest BCUT2D eigenvalue weighted by Gasteiger charge is 2.21. The molecule has 0 radical (unpaired) electrons. The lowest BCUT2D eigenvalue weighted by Gasteiger charge is -2.17. The number of hydrogen-bond donors (Lipinski definition) is 2. The molecular weight excluding hydrogens is 298 g/mol. The van der Waals surface area contributed by atoms with Gasteiger partial charge in [-0.05, 0) is 24.6 Å². The Hall–Kier alpha value is -1.95. The number of rotatable bonds is 4. The van der Waals surface area contributed by atoms with Gasteiger partial charge < -0.3 is 10.6 Å². The fourth-order valence-corrected chi connectivity index (χ4v) is 2.70. The van der Waals surface area contributed by atoms with Gasteiger partial charge in [0, 0.05) is 17.5 Å². The first-order valence-corrected chi connectivity index (χ1v) is 8.13. The van der Waals surface area contributed by atoms with E-state index in [1.807, 2.05) is 45.9 Å². The molecule has 0 saturated heterocycles. The van der Waals surface area contributed by atoms with Crippen LogP contribution in [0.2, 0.25) is 0 Å². The Morgan fingerprint density at radius 1 is 1.23 bits per heavy atom. The van der Waals surface area contributed by atoms with E-state index in [0.29, 0.717) is 11.6 Å². The van der Waals surface area contributed by atoms with E-state index in [1.54, 1.807) is 0 Å². The molecule has 0 bridgehead atoms. The van der Waals surface area contributed by atoms with Crippen LogP contribution in [0.15, 0.2) is 18.2 Å². The lowest BCUT2D eigenvalue weighted by molar-refractivity contribution is -0.123. The molecule has 0 aliphatic carbocycles. The SMILES string of the molecule is CCCC(=O)Nc1nc2ccc(NC(=O)C(C)(C)C)cc2s1. The molecule has 0 atom stereocenters. The van der Waals surface area contributed by atoms with Crippen LogP contribution in [0.1, 0.15) is 40.5 Å². The predicted molar refractivity (Wildman–Crippen MR) is 91.2 cm³/mol. The highest BCUT2D eigenvalue weighted by atomic mass is 32.1. The minimum absolute atomic E-state index is 0.0252. The Balaban J connectivity index is 2.17. The number of carbonyl (C=O) groups excluding carboxylic acids is 2. The highest BCUT2D eigenvalue weighted by molar-refractivity contribution is 7.22. The van der Waals surface area contributed by atoms with Crippen molar-refractivity contribution in [2.75, 3.05) is 10.6 Å². The highest BCUT2D eigenvalue weighted by Crippen LogP contribution is 2.29. The first-order valence-electron chi connectivity index (χ1n) is 7.31. The molecule has 118 valence electrons. The van der Waals surface area contributed by atoms with Crippen LogP contribution in [0.4, 0.5) is 10.8 Å². The van der Waals surface area contributed by atoms with Crippen molar-refractivity contribution in [3.8, 4) is 0 Å². The van der Waals surface area contributed by atoms with Gasteiger partial charge >= 0.3 is 0 Å². The summed E-state index contributed by atoms with van der Waals surface area (Å²) in [7, 11) is 0. The van der Waals surface area contributed by atoms with Gasteiger partial charge in [-0.1, -0.05) is 39.0 Å². The third-order valence-electron chi connectivity index (χ3n) is 3.05. The van der Waals surface area contributed by atoms with Crippen LogP contribution in [-0.2, 0) is 9.59 Å². The molecule has 1 aromatic heterocycles. The molecule has 1 aromatic carbocycles. The van der Waals surface area contributed by atoms with Crippen LogP contribution in [0.5, 0.6) is 0 Å². The van der Waals surface area contributed by atoms with Gasteiger partial charge in [0.25, 0.3) is 0 Å². The summed E-state index contributed by atoms with van der Waals surface area (Å²) in [5.74, 6) is -0.0596. The Kier molecular flexibility index (Phi) is 4.81. The number of amides is 2. The van der Waals surface area contributed by atoms with Gasteiger partial charge in [-0.15, -0.1) is 0 Å². The van der Waals surface area contributed by atoms with E-state index in [1.165, 1.54) is 11.3 Å². The molecule has 0 aliphatic heterocycles. The van der Waals surface area contributed by atoms with E-state index >= 15 is 0 Å². The van der Waals surface area contributed by atoms with Crippen molar-refractivity contribution in [1.29, 1.82) is 0 Å². The first kappa shape index (κ1) is 16.4. The molecular formula is C16H21N3O2S. The zero-order valence-corrected chi connectivity index (χ0v) is 14.1. The molecule has 6 heteroatoms. The fourth-order valence-electron chi connectivity index (χ4n) is 1.78. The second-order valence-electron chi connectivity index (χ2n) is 6.20. The molecule has 2 N–H and O–H groups in total. The Morgan fingerprint density at radius 2 is 1.95 bits per heavy atom. The molecule has 2 aromatic rings. The van der Waals surface area contributed by atoms with Gasteiger partial charge in [-0.2, -0.15) is 0 Å². The standard InChI is InChI=1S/C16H21N3O2S/c1-5-6-13(20)19-15-18-11-8-7-10(9-12(11)22-15)17-14(21)16(2,3)4/h7-9H,5-6H2,1-4H3,(H,17,21)(H,18,19,20). The maximum absolute atomic E-state index is 12.0. The van der Waals surface area contributed by atoms with Crippen LogP contribution in [0.25, 0.3) is 10.2 Å². The van der Waals surface area contributed by atoms with Crippen molar-refractivity contribution in [3.05, 3.63) is 18.2 Å². The van der Waals surface area contributed by atoms with Crippen molar-refractivity contribution >= 4 is 44.2 Å². The number of fused-ring (bicyclic) bond motifs is 1. The van der Waals surface area contributed by atoms with Gasteiger partial charge in [-0.3, -0.25) is 9.59 Å². The minimum atomic E-state index is -0.443. The topological polar surface area (TPSA) is 71.1 Å². The first-order chi connectivity index (χ1) is 10.3. The van der Waals surface area contributed by atoms with E-state index in [0.717, 1.165) is 22.3 Å². The molecule has 1 heterocycles. The molecule has 0 spiro atoms. The smallest absolute Gasteiger partial charge is 0.229 e. The van der Waals surface area contributed by atoms with Crippen molar-refractivity contribution in [2.45, 2.75) is 40.5 Å². The summed E-state index contributed by atoms with van der Waals surface area (Å²) in [5, 5.41) is 6.29. The average Bonchev–Trinajstić information content (AvgIpc) is 2.79. The molecule has 2 rings (SSSR count). The van der Waals surface area contributed by atoms with Crippen molar-refractivity contribution in [3.63, 3.8) is 0 Å². The molecule has 22 heavy (non-hydrogen) atoms. The lowest BCUT2D eigenvalue weighted by atomic mass is 9.95. The van der Waals surface area contributed by atoms with E-state index in [-0.39, 0.29) is 11.8 Å². The second kappa shape index (κ2) is 6.44. The quantitative estimate of drug-likeness (QED) is 0.894. The zero-order valence-electron chi connectivity index (χ0n) is 13.3. The van der Waals surface area contributed by atoms with E-state index in [4.69, 9.17) is 0 Å². The summed E-state index contributed by atoms with van der Waals surface area (Å²) < 4.78 is 0.929. The van der Waals surface area contributed by atoms with Crippen LogP contribution in [-0.4, -0.2) is 16.8 Å². The summed E-state index contributed by atoms with van der Waals surface area (Å²) in [6, 6.07) is 5.55. The van der Waals surface area contributed by atoms with Crippen LogP contribution in [0, 0.1) is 5.41 Å². The maximum Gasteiger partial charge on any atom is 0.229 e. The molecule has 2 amide bonds. The van der Waals surface area contributed by atoms with Gasteiger partial charge in [-0.25, -0.2) is 4.98 Å². The summed E-state index contributed by atoms with van der Waals surface area (Å²) in [6.07, 6.45) is 1.29. The number of aromatic nitrogens is 1. The number of nitrogens with zero attached hydrogens (tertiary/aromatic N) is 1. The van der Waals surface area contributed by atoms with Crippen LogP contribution >= 0.6 is 11.3 Å². The predicted octanol–water partition coefficient (Wildman–Crippen LogP) is 4.02. The minimum Gasteiger partial charge on any atom is -0.326 e. The summed E-state index contributed by atoms with van der Waals surface area (Å²) >= 11 is 1.41. The van der Waals surface area contributed by atoms with Gasteiger partial charge in [0.15, 0.2) is 5.13 Å². The molecule has 0 aliphatic rings. The van der Waals surface area contributed by atoms with Gasteiger partial charge in [0.1, 0.15) is 0 Å². The number of benzene rings is 1. The number of carbonyl (C=O) groups is 2.